The number of hydrogen-bond donors (Lipinski definition) is 1. The number of halogens is 1. The van der Waals surface area contributed by atoms with Crippen molar-refractivity contribution >= 4 is 27.9 Å². The molecule has 5 rings (SSSR count). The highest BCUT2D eigenvalue weighted by Gasteiger charge is 2.18. The SMILES string of the molecule is O=C(Nc1cccc(OCc2cc(=O)n3c4c(sc3n2)CCCC4)c1)c1ccc(F)cc1. The highest BCUT2D eigenvalue weighted by Crippen LogP contribution is 2.28. The molecule has 0 aliphatic heterocycles. The first-order chi connectivity index (χ1) is 15.6. The van der Waals surface area contributed by atoms with E-state index in [0.29, 0.717) is 27.7 Å². The lowest BCUT2D eigenvalue weighted by Crippen LogP contribution is -2.18. The van der Waals surface area contributed by atoms with Crippen molar-refractivity contribution < 1.29 is 13.9 Å². The Labute approximate surface area is 187 Å². The van der Waals surface area contributed by atoms with Gasteiger partial charge in [0.1, 0.15) is 18.2 Å². The van der Waals surface area contributed by atoms with Crippen LogP contribution in [-0.2, 0) is 19.4 Å². The minimum atomic E-state index is -0.397. The molecule has 0 saturated carbocycles. The number of rotatable bonds is 5. The standard InChI is InChI=1S/C24H20FN3O3S/c25-16-10-8-15(9-11-16)23(30)26-17-4-3-5-19(12-17)31-14-18-13-22(29)28-20-6-1-2-7-21(20)32-24(28)27-18/h3-5,8-13H,1-2,6-7,14H2,(H,26,30). The number of thiazole rings is 1. The molecule has 6 nitrogen and oxygen atoms in total. The summed E-state index contributed by atoms with van der Waals surface area (Å²) in [5, 5.41) is 2.77. The van der Waals surface area contributed by atoms with Gasteiger partial charge in [0.15, 0.2) is 4.96 Å². The minimum absolute atomic E-state index is 0.0756. The van der Waals surface area contributed by atoms with Gasteiger partial charge in [-0.15, -0.1) is 11.3 Å². The number of hydrogen-bond acceptors (Lipinski definition) is 5. The van der Waals surface area contributed by atoms with E-state index in [2.05, 4.69) is 10.3 Å². The number of amides is 1. The average Bonchev–Trinajstić information content (AvgIpc) is 3.17. The molecule has 1 aliphatic carbocycles. The molecule has 0 radical (unpaired) electrons. The first-order valence-electron chi connectivity index (χ1n) is 10.4. The van der Waals surface area contributed by atoms with Crippen molar-refractivity contribution in [1.82, 2.24) is 9.38 Å². The first kappa shape index (κ1) is 20.4. The molecule has 2 aromatic carbocycles. The molecule has 0 spiro atoms. The van der Waals surface area contributed by atoms with Crippen LogP contribution in [0.15, 0.2) is 59.4 Å². The number of fused-ring (bicyclic) bond motifs is 3. The summed E-state index contributed by atoms with van der Waals surface area (Å²) in [6.07, 6.45) is 4.18. The summed E-state index contributed by atoms with van der Waals surface area (Å²) in [6, 6.07) is 13.8. The van der Waals surface area contributed by atoms with Crippen molar-refractivity contribution in [3.63, 3.8) is 0 Å². The Bertz CT molecular complexity index is 1360. The van der Waals surface area contributed by atoms with Crippen molar-refractivity contribution in [3.05, 3.63) is 92.6 Å². The second-order valence-corrected chi connectivity index (χ2v) is 8.72. The maximum Gasteiger partial charge on any atom is 0.259 e. The van der Waals surface area contributed by atoms with E-state index in [1.165, 1.54) is 35.2 Å². The number of aromatic nitrogens is 2. The highest BCUT2D eigenvalue weighted by atomic mass is 32.1. The molecule has 32 heavy (non-hydrogen) atoms. The van der Waals surface area contributed by atoms with Gasteiger partial charge >= 0.3 is 0 Å². The molecule has 162 valence electrons. The fraction of sp³-hybridized carbons (Fsp3) is 0.208. The predicted octanol–water partition coefficient (Wildman–Crippen LogP) is 4.61. The number of carbonyl (C=O) groups excluding carboxylic acids is 1. The van der Waals surface area contributed by atoms with Crippen LogP contribution in [0.4, 0.5) is 10.1 Å². The number of nitrogens with zero attached hydrogens (tertiary/aromatic N) is 2. The molecular weight excluding hydrogens is 429 g/mol. The lowest BCUT2D eigenvalue weighted by Gasteiger charge is -2.10. The molecule has 0 bridgehead atoms. The van der Waals surface area contributed by atoms with Gasteiger partial charge in [-0.05, 0) is 62.1 Å². The third-order valence-corrected chi connectivity index (χ3v) is 6.54. The number of anilines is 1. The van der Waals surface area contributed by atoms with Gasteiger partial charge in [0.2, 0.25) is 0 Å². The van der Waals surface area contributed by atoms with Crippen LogP contribution in [-0.4, -0.2) is 15.3 Å². The maximum absolute atomic E-state index is 13.1. The average molecular weight is 450 g/mol. The third kappa shape index (κ3) is 4.13. The molecule has 1 amide bonds. The first-order valence-corrected chi connectivity index (χ1v) is 11.2. The minimum Gasteiger partial charge on any atom is -0.487 e. The van der Waals surface area contributed by atoms with Gasteiger partial charge in [-0.25, -0.2) is 9.37 Å². The van der Waals surface area contributed by atoms with Crippen LogP contribution < -0.4 is 15.6 Å². The molecule has 1 N–H and O–H groups in total. The topological polar surface area (TPSA) is 72.7 Å². The van der Waals surface area contributed by atoms with Crippen molar-refractivity contribution in [2.75, 3.05) is 5.32 Å². The second kappa shape index (κ2) is 8.55. The number of benzene rings is 2. The molecule has 0 saturated heterocycles. The Balaban J connectivity index is 1.30. The summed E-state index contributed by atoms with van der Waals surface area (Å²) < 4.78 is 20.6. The summed E-state index contributed by atoms with van der Waals surface area (Å²) in [6.45, 7) is 0.143. The zero-order valence-corrected chi connectivity index (χ0v) is 18.0. The molecule has 2 aromatic heterocycles. The maximum atomic E-state index is 13.1. The molecule has 1 aliphatic rings. The van der Waals surface area contributed by atoms with E-state index in [9.17, 15) is 14.0 Å². The van der Waals surface area contributed by atoms with Gasteiger partial charge in [0, 0.05) is 34.0 Å². The van der Waals surface area contributed by atoms with Crippen LogP contribution in [0.1, 0.15) is 39.5 Å². The Hall–Kier alpha value is -3.52. The van der Waals surface area contributed by atoms with Gasteiger partial charge in [-0.1, -0.05) is 6.07 Å². The van der Waals surface area contributed by atoms with Crippen LogP contribution in [0.5, 0.6) is 5.75 Å². The Kier molecular flexibility index (Phi) is 5.45. The Morgan fingerprint density at radius 3 is 2.78 bits per heavy atom. The van der Waals surface area contributed by atoms with Crippen LogP contribution in [0.3, 0.4) is 0 Å². The van der Waals surface area contributed by atoms with E-state index in [-0.39, 0.29) is 18.1 Å². The normalized spacial score (nSPS) is 13.0. The van der Waals surface area contributed by atoms with E-state index in [4.69, 9.17) is 4.74 Å². The summed E-state index contributed by atoms with van der Waals surface area (Å²) in [4.78, 5) is 31.6. The van der Waals surface area contributed by atoms with Crippen molar-refractivity contribution in [3.8, 4) is 5.75 Å². The monoisotopic (exact) mass is 449 g/mol. The largest absolute Gasteiger partial charge is 0.487 e. The van der Waals surface area contributed by atoms with Crippen LogP contribution in [0, 0.1) is 5.82 Å². The number of aryl methyl sites for hydroxylation is 2. The fourth-order valence-electron chi connectivity index (χ4n) is 3.84. The van der Waals surface area contributed by atoms with E-state index in [1.54, 1.807) is 40.0 Å². The number of nitrogens with one attached hydrogen (secondary N) is 1. The lowest BCUT2D eigenvalue weighted by atomic mass is 10.0. The quantitative estimate of drug-likeness (QED) is 0.483. The second-order valence-electron chi connectivity index (χ2n) is 7.66. The van der Waals surface area contributed by atoms with Crippen molar-refractivity contribution in [2.45, 2.75) is 32.3 Å². The van der Waals surface area contributed by atoms with Crippen molar-refractivity contribution in [1.29, 1.82) is 0 Å². The van der Waals surface area contributed by atoms with E-state index < -0.39 is 5.82 Å². The van der Waals surface area contributed by atoms with Gasteiger partial charge in [0.25, 0.3) is 11.5 Å². The molecule has 0 fully saturated rings. The molecule has 0 unspecified atom stereocenters. The van der Waals surface area contributed by atoms with E-state index in [1.807, 2.05) is 0 Å². The highest BCUT2D eigenvalue weighted by molar-refractivity contribution is 7.17. The van der Waals surface area contributed by atoms with Gasteiger partial charge in [-0.2, -0.15) is 0 Å². The molecule has 4 aromatic rings. The summed E-state index contributed by atoms with van der Waals surface area (Å²) in [7, 11) is 0. The number of ether oxygens (including phenoxy) is 1. The smallest absolute Gasteiger partial charge is 0.259 e. The van der Waals surface area contributed by atoms with Gasteiger partial charge in [-0.3, -0.25) is 14.0 Å². The fourth-order valence-corrected chi connectivity index (χ4v) is 5.07. The molecule has 2 heterocycles. The summed E-state index contributed by atoms with van der Waals surface area (Å²) in [5.74, 6) is -0.204. The summed E-state index contributed by atoms with van der Waals surface area (Å²) >= 11 is 1.58. The summed E-state index contributed by atoms with van der Waals surface area (Å²) in [5.41, 5.74) is 2.49. The van der Waals surface area contributed by atoms with Crippen molar-refractivity contribution in [2.24, 2.45) is 0 Å². The molecule has 8 heteroatoms. The van der Waals surface area contributed by atoms with Crippen LogP contribution in [0.2, 0.25) is 0 Å². The molecular formula is C24H20FN3O3S. The predicted molar refractivity (Wildman–Crippen MR) is 121 cm³/mol. The Morgan fingerprint density at radius 2 is 1.94 bits per heavy atom. The van der Waals surface area contributed by atoms with Crippen LogP contribution in [0.25, 0.3) is 4.96 Å². The third-order valence-electron chi connectivity index (χ3n) is 5.40. The zero-order valence-electron chi connectivity index (χ0n) is 17.1. The molecule has 0 atom stereocenters. The Morgan fingerprint density at radius 1 is 1.12 bits per heavy atom. The van der Waals surface area contributed by atoms with E-state index in [0.717, 1.165) is 31.4 Å². The van der Waals surface area contributed by atoms with Gasteiger partial charge < -0.3 is 10.1 Å². The lowest BCUT2D eigenvalue weighted by molar-refractivity contribution is 0.102. The van der Waals surface area contributed by atoms with Gasteiger partial charge in [0.05, 0.1) is 5.69 Å². The van der Waals surface area contributed by atoms with E-state index >= 15 is 0 Å². The zero-order chi connectivity index (χ0) is 22.1. The van der Waals surface area contributed by atoms with Crippen LogP contribution >= 0.6 is 11.3 Å². The number of carbonyl (C=O) groups is 1.